The molecule has 1 aliphatic heterocycles. The minimum atomic E-state index is -0.998. The lowest BCUT2D eigenvalue weighted by atomic mass is 9.80. The van der Waals surface area contributed by atoms with Crippen LogP contribution in [-0.4, -0.2) is 40.8 Å². The first-order chi connectivity index (χ1) is 17.9. The molecule has 1 fully saturated rings. The lowest BCUT2D eigenvalue weighted by molar-refractivity contribution is -0.150. The second-order valence-corrected chi connectivity index (χ2v) is 11.3. The highest BCUT2D eigenvalue weighted by atomic mass is 16.6. The zero-order chi connectivity index (χ0) is 28.0. The van der Waals surface area contributed by atoms with Crippen molar-refractivity contribution in [3.8, 4) is 11.8 Å². The van der Waals surface area contributed by atoms with E-state index in [0.29, 0.717) is 26.0 Å². The minimum absolute atomic E-state index is 0.203. The van der Waals surface area contributed by atoms with E-state index in [4.69, 9.17) is 9.47 Å². The molecular weight excluding hydrogens is 478 g/mol. The summed E-state index contributed by atoms with van der Waals surface area (Å²) >= 11 is 0. The number of amides is 1. The molecule has 1 amide bonds. The van der Waals surface area contributed by atoms with Gasteiger partial charge in [-0.3, -0.25) is 4.79 Å². The molecule has 0 aromatic heterocycles. The summed E-state index contributed by atoms with van der Waals surface area (Å²) in [6.07, 6.45) is 2.29. The maximum atomic E-state index is 13.3. The van der Waals surface area contributed by atoms with Gasteiger partial charge >= 0.3 is 12.1 Å². The van der Waals surface area contributed by atoms with E-state index in [1.54, 1.807) is 32.6 Å². The molecule has 2 aromatic carbocycles. The first-order valence-electron chi connectivity index (χ1n) is 13.4. The number of aliphatic hydroxyl groups is 1. The van der Waals surface area contributed by atoms with Crippen LogP contribution in [0.4, 0.5) is 4.79 Å². The summed E-state index contributed by atoms with van der Waals surface area (Å²) in [4.78, 5) is 27.3. The Labute approximate surface area is 227 Å². The van der Waals surface area contributed by atoms with Crippen LogP contribution in [0.25, 0.3) is 0 Å². The maximum absolute atomic E-state index is 13.3. The quantitative estimate of drug-likeness (QED) is 0.237. The Hall–Kier alpha value is -3.30. The van der Waals surface area contributed by atoms with Crippen molar-refractivity contribution in [2.24, 2.45) is 5.41 Å². The van der Waals surface area contributed by atoms with Crippen molar-refractivity contribution < 1.29 is 24.2 Å². The number of benzene rings is 2. The first-order valence-corrected chi connectivity index (χ1v) is 13.4. The number of cyclic esters (lactones) is 1. The van der Waals surface area contributed by atoms with E-state index in [9.17, 15) is 14.7 Å². The topological polar surface area (TPSA) is 76.1 Å². The first kappa shape index (κ1) is 29.3. The van der Waals surface area contributed by atoms with Gasteiger partial charge in [0.05, 0.1) is 18.2 Å². The molecule has 1 aliphatic rings. The molecule has 6 nitrogen and oxygen atoms in total. The van der Waals surface area contributed by atoms with Gasteiger partial charge in [0, 0.05) is 24.9 Å². The number of esters is 1. The molecular formula is C32H41NO5. The second kappa shape index (κ2) is 12.0. The SMILES string of the molecule is CCCCOC(=O)C(C)(C)C#Cc1ccc([C@H](C)N2CC[C@](CC(C)(C)O)(c3ccccc3)OC2=O)cc1. The van der Waals surface area contributed by atoms with Crippen molar-refractivity contribution in [1.29, 1.82) is 0 Å². The van der Waals surface area contributed by atoms with Crippen LogP contribution >= 0.6 is 0 Å². The smallest absolute Gasteiger partial charge is 0.411 e. The van der Waals surface area contributed by atoms with Gasteiger partial charge in [0.15, 0.2) is 0 Å². The molecule has 0 bridgehead atoms. The fourth-order valence-electron chi connectivity index (χ4n) is 4.69. The molecule has 2 atom stereocenters. The lowest BCUT2D eigenvalue weighted by Crippen LogP contribution is -2.51. The van der Waals surface area contributed by atoms with Crippen molar-refractivity contribution >= 4 is 12.1 Å². The molecule has 0 radical (unpaired) electrons. The molecule has 0 unspecified atom stereocenters. The summed E-state index contributed by atoms with van der Waals surface area (Å²) < 4.78 is 11.4. The van der Waals surface area contributed by atoms with Crippen LogP contribution < -0.4 is 0 Å². The molecule has 0 spiro atoms. The number of carbonyl (C=O) groups is 2. The Bertz CT molecular complexity index is 1150. The van der Waals surface area contributed by atoms with Gasteiger partial charge in [-0.2, -0.15) is 0 Å². The van der Waals surface area contributed by atoms with Crippen molar-refractivity contribution in [2.75, 3.05) is 13.2 Å². The van der Waals surface area contributed by atoms with Gasteiger partial charge in [-0.05, 0) is 64.3 Å². The molecule has 1 N–H and O–H groups in total. The number of hydrogen-bond acceptors (Lipinski definition) is 5. The number of carbonyl (C=O) groups excluding carboxylic acids is 2. The third-order valence-electron chi connectivity index (χ3n) is 6.91. The van der Waals surface area contributed by atoms with Crippen molar-refractivity contribution in [3.05, 3.63) is 71.3 Å². The fourth-order valence-corrected chi connectivity index (χ4v) is 4.69. The van der Waals surface area contributed by atoms with Crippen LogP contribution in [-0.2, 0) is 19.9 Å². The monoisotopic (exact) mass is 519 g/mol. The molecule has 1 saturated heterocycles. The van der Waals surface area contributed by atoms with Gasteiger partial charge in [0.1, 0.15) is 11.0 Å². The largest absolute Gasteiger partial charge is 0.465 e. The molecule has 6 heteroatoms. The van der Waals surface area contributed by atoms with Crippen molar-refractivity contribution in [1.82, 2.24) is 4.90 Å². The molecule has 2 aromatic rings. The van der Waals surface area contributed by atoms with Crippen LogP contribution in [0, 0.1) is 17.3 Å². The van der Waals surface area contributed by atoms with E-state index in [0.717, 1.165) is 29.5 Å². The number of nitrogens with zero attached hydrogens (tertiary/aromatic N) is 1. The van der Waals surface area contributed by atoms with E-state index in [2.05, 4.69) is 11.8 Å². The molecule has 38 heavy (non-hydrogen) atoms. The van der Waals surface area contributed by atoms with E-state index in [1.807, 2.05) is 68.4 Å². The Kier molecular flexibility index (Phi) is 9.27. The van der Waals surface area contributed by atoms with E-state index in [1.165, 1.54) is 0 Å². The minimum Gasteiger partial charge on any atom is -0.465 e. The average Bonchev–Trinajstić information content (AvgIpc) is 2.87. The standard InChI is InChI=1S/C32H41NO5/c1-7-8-22-37-28(34)30(3,4)19-18-25-14-16-26(17-15-25)24(2)33-21-20-32(38-29(33)35,23-31(5,6)36)27-12-10-9-11-13-27/h9-17,24,36H,7-8,20-23H2,1-6H3/t24-,32-/m0/s1. The third-order valence-corrected chi connectivity index (χ3v) is 6.91. The summed E-state index contributed by atoms with van der Waals surface area (Å²) in [7, 11) is 0. The van der Waals surface area contributed by atoms with Crippen LogP contribution in [0.2, 0.25) is 0 Å². The normalized spacial score (nSPS) is 18.7. The number of rotatable bonds is 9. The van der Waals surface area contributed by atoms with Crippen LogP contribution in [0.5, 0.6) is 0 Å². The highest BCUT2D eigenvalue weighted by molar-refractivity contribution is 5.79. The van der Waals surface area contributed by atoms with Gasteiger partial charge in [0.2, 0.25) is 0 Å². The van der Waals surface area contributed by atoms with Gasteiger partial charge in [0.25, 0.3) is 0 Å². The predicted molar refractivity (Wildman–Crippen MR) is 148 cm³/mol. The molecule has 0 aliphatic carbocycles. The Morgan fingerprint density at radius 3 is 2.37 bits per heavy atom. The van der Waals surface area contributed by atoms with Crippen molar-refractivity contribution in [2.45, 2.75) is 84.5 Å². The Balaban J connectivity index is 1.71. The van der Waals surface area contributed by atoms with E-state index < -0.39 is 22.7 Å². The molecule has 3 rings (SSSR count). The summed E-state index contributed by atoms with van der Waals surface area (Å²) in [6.45, 7) is 11.9. The van der Waals surface area contributed by atoms with Crippen molar-refractivity contribution in [3.63, 3.8) is 0 Å². The second-order valence-electron chi connectivity index (χ2n) is 11.3. The summed E-state index contributed by atoms with van der Waals surface area (Å²) in [5, 5.41) is 10.6. The number of ether oxygens (including phenoxy) is 2. The summed E-state index contributed by atoms with van der Waals surface area (Å²) in [5.41, 5.74) is -0.141. The highest BCUT2D eigenvalue weighted by Crippen LogP contribution is 2.42. The molecule has 204 valence electrons. The average molecular weight is 520 g/mol. The van der Waals surface area contributed by atoms with Crippen LogP contribution in [0.3, 0.4) is 0 Å². The maximum Gasteiger partial charge on any atom is 0.411 e. The number of hydrogen-bond donors (Lipinski definition) is 1. The number of unbranched alkanes of at least 4 members (excludes halogenated alkanes) is 1. The third kappa shape index (κ3) is 7.39. The fraction of sp³-hybridized carbons (Fsp3) is 0.500. The molecule has 1 heterocycles. The van der Waals surface area contributed by atoms with Gasteiger partial charge < -0.3 is 19.5 Å². The highest BCUT2D eigenvalue weighted by Gasteiger charge is 2.46. The van der Waals surface area contributed by atoms with Gasteiger partial charge in [-0.1, -0.05) is 67.6 Å². The van der Waals surface area contributed by atoms with Crippen LogP contribution in [0.15, 0.2) is 54.6 Å². The Morgan fingerprint density at radius 1 is 1.13 bits per heavy atom. The van der Waals surface area contributed by atoms with Gasteiger partial charge in [-0.15, -0.1) is 0 Å². The summed E-state index contributed by atoms with van der Waals surface area (Å²) in [5.74, 6) is 5.80. The zero-order valence-corrected chi connectivity index (χ0v) is 23.5. The van der Waals surface area contributed by atoms with Gasteiger partial charge in [-0.25, -0.2) is 4.79 Å². The van der Waals surface area contributed by atoms with E-state index >= 15 is 0 Å². The lowest BCUT2D eigenvalue weighted by Gasteiger charge is -2.45. The predicted octanol–water partition coefficient (Wildman–Crippen LogP) is 6.37. The Morgan fingerprint density at radius 2 is 1.79 bits per heavy atom. The van der Waals surface area contributed by atoms with Crippen LogP contribution in [0.1, 0.15) is 90.0 Å². The molecule has 0 saturated carbocycles. The summed E-state index contributed by atoms with van der Waals surface area (Å²) in [6, 6.07) is 17.2. The zero-order valence-electron chi connectivity index (χ0n) is 23.5. The van der Waals surface area contributed by atoms with E-state index in [-0.39, 0.29) is 12.0 Å².